The van der Waals surface area contributed by atoms with Gasteiger partial charge in [0.05, 0.1) is 26.0 Å². The zero-order chi connectivity index (χ0) is 18.6. The van der Waals surface area contributed by atoms with E-state index in [1.807, 2.05) is 48.7 Å². The monoisotopic (exact) mass is 355 g/mol. The molecule has 0 aliphatic carbocycles. The lowest BCUT2D eigenvalue weighted by molar-refractivity contribution is 0.294. The van der Waals surface area contributed by atoms with Crippen molar-refractivity contribution in [2.24, 2.45) is 4.99 Å². The molecular formula is C22H29NO3. The summed E-state index contributed by atoms with van der Waals surface area (Å²) in [4.78, 5) is 4.54. The van der Waals surface area contributed by atoms with Crippen LogP contribution in [0.3, 0.4) is 0 Å². The zero-order valence-electron chi connectivity index (χ0n) is 16.0. The Morgan fingerprint density at radius 2 is 1.50 bits per heavy atom. The summed E-state index contributed by atoms with van der Waals surface area (Å²) in [5, 5.41) is 0. The van der Waals surface area contributed by atoms with E-state index in [1.54, 1.807) is 7.11 Å². The number of hydrogen-bond acceptors (Lipinski definition) is 4. The van der Waals surface area contributed by atoms with Crippen molar-refractivity contribution in [3.63, 3.8) is 0 Å². The highest BCUT2D eigenvalue weighted by Crippen LogP contribution is 2.25. The number of rotatable bonds is 11. The molecule has 0 saturated carbocycles. The molecule has 0 aliphatic rings. The van der Waals surface area contributed by atoms with Crippen LogP contribution in [0.1, 0.15) is 45.1 Å². The van der Waals surface area contributed by atoms with Crippen LogP contribution in [0, 0.1) is 0 Å². The van der Waals surface area contributed by atoms with Gasteiger partial charge in [0.15, 0.2) is 0 Å². The van der Waals surface area contributed by atoms with Crippen LogP contribution in [-0.2, 0) is 0 Å². The second kappa shape index (κ2) is 11.2. The first-order valence-electron chi connectivity index (χ1n) is 9.34. The molecule has 2 aromatic rings. The first-order chi connectivity index (χ1) is 12.8. The fourth-order valence-corrected chi connectivity index (χ4v) is 2.31. The minimum atomic E-state index is 0.693. The molecule has 0 bridgehead atoms. The van der Waals surface area contributed by atoms with Gasteiger partial charge in [-0.1, -0.05) is 26.7 Å². The van der Waals surface area contributed by atoms with Crippen molar-refractivity contribution >= 4 is 11.9 Å². The van der Waals surface area contributed by atoms with Crippen molar-refractivity contribution in [3.05, 3.63) is 48.0 Å². The Kier molecular flexibility index (Phi) is 8.53. The van der Waals surface area contributed by atoms with Crippen LogP contribution in [0.25, 0.3) is 0 Å². The predicted molar refractivity (Wildman–Crippen MR) is 107 cm³/mol. The van der Waals surface area contributed by atoms with Crippen LogP contribution in [0.2, 0.25) is 0 Å². The SMILES string of the molecule is CCCCOc1ccc(C=Nc2ccc(OC)cc2)c(OCCCC)c1. The van der Waals surface area contributed by atoms with Crippen LogP contribution in [0.4, 0.5) is 5.69 Å². The molecule has 0 atom stereocenters. The maximum Gasteiger partial charge on any atom is 0.131 e. The molecule has 0 amide bonds. The molecule has 0 aliphatic heterocycles. The molecule has 0 unspecified atom stereocenters. The number of nitrogens with zero attached hydrogens (tertiary/aromatic N) is 1. The van der Waals surface area contributed by atoms with Crippen molar-refractivity contribution in [2.45, 2.75) is 39.5 Å². The molecule has 0 N–H and O–H groups in total. The van der Waals surface area contributed by atoms with Gasteiger partial charge in [-0.15, -0.1) is 0 Å². The van der Waals surface area contributed by atoms with Crippen molar-refractivity contribution in [2.75, 3.05) is 20.3 Å². The van der Waals surface area contributed by atoms with E-state index in [0.29, 0.717) is 6.61 Å². The third kappa shape index (κ3) is 6.43. The number of ether oxygens (including phenoxy) is 3. The third-order valence-corrected chi connectivity index (χ3v) is 3.93. The first-order valence-corrected chi connectivity index (χ1v) is 9.34. The molecule has 26 heavy (non-hydrogen) atoms. The van der Waals surface area contributed by atoms with Gasteiger partial charge in [-0.25, -0.2) is 0 Å². The Morgan fingerprint density at radius 1 is 0.846 bits per heavy atom. The minimum absolute atomic E-state index is 0.693. The van der Waals surface area contributed by atoms with Gasteiger partial charge in [-0.05, 0) is 49.2 Å². The molecule has 0 saturated heterocycles. The van der Waals surface area contributed by atoms with E-state index in [-0.39, 0.29) is 0 Å². The summed E-state index contributed by atoms with van der Waals surface area (Å²) in [6.07, 6.45) is 6.12. The van der Waals surface area contributed by atoms with E-state index in [2.05, 4.69) is 18.8 Å². The summed E-state index contributed by atoms with van der Waals surface area (Å²) in [6, 6.07) is 13.6. The van der Waals surface area contributed by atoms with E-state index in [9.17, 15) is 0 Å². The van der Waals surface area contributed by atoms with Gasteiger partial charge in [0.2, 0.25) is 0 Å². The molecule has 4 heteroatoms. The lowest BCUT2D eigenvalue weighted by atomic mass is 10.2. The van der Waals surface area contributed by atoms with Gasteiger partial charge in [-0.2, -0.15) is 0 Å². The summed E-state index contributed by atoms with van der Waals surface area (Å²) in [5.74, 6) is 2.47. The Morgan fingerprint density at radius 3 is 2.15 bits per heavy atom. The molecule has 0 spiro atoms. The van der Waals surface area contributed by atoms with E-state index < -0.39 is 0 Å². The predicted octanol–water partition coefficient (Wildman–Crippen LogP) is 5.80. The molecule has 140 valence electrons. The van der Waals surface area contributed by atoms with E-state index >= 15 is 0 Å². The molecule has 0 fully saturated rings. The number of benzene rings is 2. The Hall–Kier alpha value is -2.49. The largest absolute Gasteiger partial charge is 0.497 e. The van der Waals surface area contributed by atoms with Gasteiger partial charge < -0.3 is 14.2 Å². The van der Waals surface area contributed by atoms with Gasteiger partial charge in [0.25, 0.3) is 0 Å². The summed E-state index contributed by atoms with van der Waals surface area (Å²) in [7, 11) is 1.66. The standard InChI is InChI=1S/C22H29NO3/c1-4-6-14-25-21-11-8-18(22(16-21)26-15-7-5-2)17-23-19-9-12-20(24-3)13-10-19/h8-13,16-17H,4-7,14-15H2,1-3H3. The minimum Gasteiger partial charge on any atom is -0.497 e. The highest BCUT2D eigenvalue weighted by atomic mass is 16.5. The molecular weight excluding hydrogens is 326 g/mol. The normalized spacial score (nSPS) is 10.9. The first kappa shape index (κ1) is 19.8. The van der Waals surface area contributed by atoms with Gasteiger partial charge in [0.1, 0.15) is 17.2 Å². The summed E-state index contributed by atoms with van der Waals surface area (Å²) < 4.78 is 16.9. The van der Waals surface area contributed by atoms with E-state index in [0.717, 1.165) is 60.8 Å². The number of methoxy groups -OCH3 is 1. The van der Waals surface area contributed by atoms with Gasteiger partial charge >= 0.3 is 0 Å². The van der Waals surface area contributed by atoms with Crippen molar-refractivity contribution < 1.29 is 14.2 Å². The lowest BCUT2D eigenvalue weighted by Crippen LogP contribution is -2.02. The topological polar surface area (TPSA) is 40.0 Å². The smallest absolute Gasteiger partial charge is 0.131 e. The zero-order valence-corrected chi connectivity index (χ0v) is 16.0. The lowest BCUT2D eigenvalue weighted by Gasteiger charge is -2.12. The number of aliphatic imine (C=N–C) groups is 1. The van der Waals surface area contributed by atoms with Crippen molar-refractivity contribution in [3.8, 4) is 17.2 Å². The second-order valence-electron chi connectivity index (χ2n) is 6.06. The van der Waals surface area contributed by atoms with Crippen molar-refractivity contribution in [1.29, 1.82) is 0 Å². The highest BCUT2D eigenvalue weighted by molar-refractivity contribution is 5.85. The summed E-state index contributed by atoms with van der Waals surface area (Å²) in [6.45, 7) is 5.73. The number of unbranched alkanes of at least 4 members (excludes halogenated alkanes) is 2. The van der Waals surface area contributed by atoms with Crippen LogP contribution in [0.5, 0.6) is 17.2 Å². The van der Waals surface area contributed by atoms with Crippen LogP contribution in [-0.4, -0.2) is 26.5 Å². The molecule has 2 aromatic carbocycles. The maximum absolute atomic E-state index is 5.96. The quantitative estimate of drug-likeness (QED) is 0.377. The van der Waals surface area contributed by atoms with E-state index in [4.69, 9.17) is 14.2 Å². The van der Waals surface area contributed by atoms with Crippen molar-refractivity contribution in [1.82, 2.24) is 0 Å². The Labute approximate surface area is 156 Å². The van der Waals surface area contributed by atoms with Crippen LogP contribution >= 0.6 is 0 Å². The third-order valence-electron chi connectivity index (χ3n) is 3.93. The summed E-state index contributed by atoms with van der Waals surface area (Å²) >= 11 is 0. The molecule has 0 aromatic heterocycles. The Balaban J connectivity index is 2.13. The highest BCUT2D eigenvalue weighted by Gasteiger charge is 2.05. The number of hydrogen-bond donors (Lipinski definition) is 0. The molecule has 2 rings (SSSR count). The molecule has 0 radical (unpaired) electrons. The second-order valence-corrected chi connectivity index (χ2v) is 6.06. The Bertz CT molecular complexity index is 680. The fourth-order valence-electron chi connectivity index (χ4n) is 2.31. The average molecular weight is 355 g/mol. The molecule has 4 nitrogen and oxygen atoms in total. The van der Waals surface area contributed by atoms with Gasteiger partial charge in [0, 0.05) is 17.8 Å². The molecule has 0 heterocycles. The van der Waals surface area contributed by atoms with Crippen LogP contribution in [0.15, 0.2) is 47.5 Å². The fraction of sp³-hybridized carbons (Fsp3) is 0.409. The maximum atomic E-state index is 5.96. The van der Waals surface area contributed by atoms with Crippen LogP contribution < -0.4 is 14.2 Å². The average Bonchev–Trinajstić information content (AvgIpc) is 2.68. The summed E-state index contributed by atoms with van der Waals surface area (Å²) in [5.41, 5.74) is 1.81. The van der Waals surface area contributed by atoms with Gasteiger partial charge in [-0.3, -0.25) is 4.99 Å². The van der Waals surface area contributed by atoms with E-state index in [1.165, 1.54) is 0 Å².